The molecule has 0 aliphatic carbocycles. The molecule has 17 heteroatoms. The fraction of sp³-hybridized carbons (Fsp3) is 0.391. The predicted octanol–water partition coefficient (Wildman–Crippen LogP) is 2.84. The van der Waals surface area contributed by atoms with Crippen LogP contribution < -0.4 is 31.3 Å². The number of carbonyl (C=O) groups is 6. The van der Waals surface area contributed by atoms with Crippen LogP contribution in [0.2, 0.25) is 0 Å². The molecule has 5 atom stereocenters. The molecule has 63 heavy (non-hydrogen) atoms. The molecule has 0 saturated carbocycles. The Bertz CT molecular complexity index is 2400. The highest BCUT2D eigenvalue weighted by Gasteiger charge is 2.34. The molecular formula is C46H56N10O7. The second-order valence-electron chi connectivity index (χ2n) is 16.6. The van der Waals surface area contributed by atoms with Crippen LogP contribution in [0.4, 0.5) is 0 Å². The Morgan fingerprint density at radius 3 is 2.08 bits per heavy atom. The number of hydrogen-bond donors (Lipinski definition) is 6. The molecule has 6 amide bonds. The largest absolute Gasteiger partial charge is 0.497 e. The molecular weight excluding hydrogens is 805 g/mol. The fourth-order valence-electron chi connectivity index (χ4n) is 7.54. The minimum absolute atomic E-state index is 0.0348. The number of nitrogens with one attached hydrogen (secondary N) is 6. The van der Waals surface area contributed by atoms with Crippen molar-refractivity contribution in [3.63, 3.8) is 0 Å². The zero-order valence-corrected chi connectivity index (χ0v) is 36.4. The third kappa shape index (κ3) is 11.7. The maximum Gasteiger partial charge on any atom is 0.256 e. The number of methoxy groups -OCH3 is 1. The van der Waals surface area contributed by atoms with Gasteiger partial charge >= 0.3 is 0 Å². The molecule has 332 valence electrons. The predicted molar refractivity (Wildman–Crippen MR) is 236 cm³/mol. The van der Waals surface area contributed by atoms with Gasteiger partial charge in [-0.2, -0.15) is 0 Å². The van der Waals surface area contributed by atoms with Gasteiger partial charge in [0.05, 0.1) is 24.9 Å². The lowest BCUT2D eigenvalue weighted by Gasteiger charge is -2.32. The summed E-state index contributed by atoms with van der Waals surface area (Å²) in [5.74, 6) is -3.32. The first-order chi connectivity index (χ1) is 30.2. The number of carbonyl (C=O) groups excluding carboxylic acids is 6. The first-order valence-corrected chi connectivity index (χ1v) is 21.1. The number of hydrogen-bond acceptors (Lipinski definition) is 9. The average molecular weight is 861 g/mol. The molecule has 0 unspecified atom stereocenters. The SMILES string of the molecule is COc1ccc(C[C@@H]2NC(=O)[C@H](CC(C)C)NC(=O)[C@@H](Cc3c[nH]c4ccccc34)NC(=O)CN(C(=O)c3ccccc3-n3cnnc3)C[C@H](C(C)C)NC(=O)[C@@H](C)NC2=O)cc1. The first-order valence-electron chi connectivity index (χ1n) is 21.1. The van der Waals surface area contributed by atoms with Crippen LogP contribution >= 0.6 is 0 Å². The van der Waals surface area contributed by atoms with Crippen molar-refractivity contribution in [2.24, 2.45) is 11.8 Å². The molecule has 6 rings (SSSR count). The monoisotopic (exact) mass is 860 g/mol. The van der Waals surface area contributed by atoms with Gasteiger partial charge in [-0.25, -0.2) is 0 Å². The van der Waals surface area contributed by atoms with E-state index in [0.29, 0.717) is 17.0 Å². The molecule has 1 aliphatic rings. The van der Waals surface area contributed by atoms with E-state index < -0.39 is 72.2 Å². The molecule has 1 saturated heterocycles. The Morgan fingerprint density at radius 1 is 0.746 bits per heavy atom. The standard InChI is InChI=1S/C46H56N10O7/c1-27(2)19-36-44(60)53-37(20-30-15-17-32(63-6)18-16-30)43(59)50-29(5)42(58)54-39(28(3)4)23-55(46(62)34-12-8-10-14-40(34)56-25-48-49-26-56)24-41(57)51-38(45(61)52-36)21-31-22-47-35-13-9-7-11-33(31)35/h7-18,22,25-29,36-39,47H,19-21,23-24H2,1-6H3,(H,50,59)(H,51,57)(H,52,61)(H,53,60)(H,54,58)/t29-,36+,37+,38-,39-/m1/s1. The molecule has 3 aromatic carbocycles. The summed E-state index contributed by atoms with van der Waals surface area (Å²) >= 11 is 0. The van der Waals surface area contributed by atoms with E-state index in [1.54, 1.807) is 66.4 Å². The summed E-state index contributed by atoms with van der Waals surface area (Å²) in [5, 5.41) is 23.0. The number of H-pyrrole nitrogens is 1. The lowest BCUT2D eigenvalue weighted by Crippen LogP contribution is -2.60. The van der Waals surface area contributed by atoms with Crippen molar-refractivity contribution >= 4 is 46.3 Å². The number of para-hydroxylation sites is 2. The Morgan fingerprint density at radius 2 is 1.38 bits per heavy atom. The summed E-state index contributed by atoms with van der Waals surface area (Å²) < 4.78 is 6.88. The lowest BCUT2D eigenvalue weighted by molar-refractivity contribution is -0.135. The molecule has 6 N–H and O–H groups in total. The van der Waals surface area contributed by atoms with E-state index in [1.165, 1.54) is 24.5 Å². The number of aromatic amines is 1. The van der Waals surface area contributed by atoms with Gasteiger partial charge in [0.25, 0.3) is 5.91 Å². The minimum atomic E-state index is -1.21. The third-order valence-electron chi connectivity index (χ3n) is 11.1. The van der Waals surface area contributed by atoms with E-state index in [1.807, 2.05) is 52.0 Å². The van der Waals surface area contributed by atoms with Crippen molar-refractivity contribution in [3.05, 3.63) is 108 Å². The van der Waals surface area contributed by atoms with Gasteiger partial charge in [0, 0.05) is 42.5 Å². The zero-order valence-electron chi connectivity index (χ0n) is 36.4. The molecule has 1 aliphatic heterocycles. The second-order valence-corrected chi connectivity index (χ2v) is 16.6. The van der Waals surface area contributed by atoms with Gasteiger partial charge in [-0.05, 0) is 66.6 Å². The summed E-state index contributed by atoms with van der Waals surface area (Å²) in [6, 6.07) is 16.1. The van der Waals surface area contributed by atoms with Crippen LogP contribution in [-0.4, -0.2) is 110 Å². The lowest BCUT2D eigenvalue weighted by atomic mass is 9.99. The van der Waals surface area contributed by atoms with Gasteiger partial charge < -0.3 is 41.2 Å². The molecule has 0 spiro atoms. The summed E-state index contributed by atoms with van der Waals surface area (Å²) in [4.78, 5) is 90.4. The van der Waals surface area contributed by atoms with Crippen LogP contribution in [0.15, 0.2) is 91.6 Å². The van der Waals surface area contributed by atoms with Crippen LogP contribution in [0, 0.1) is 11.8 Å². The van der Waals surface area contributed by atoms with Gasteiger partial charge in [0.2, 0.25) is 29.5 Å². The smallest absolute Gasteiger partial charge is 0.256 e. The number of rotatable bonds is 10. The van der Waals surface area contributed by atoms with Crippen LogP contribution in [0.1, 0.15) is 62.5 Å². The Labute approximate surface area is 366 Å². The quantitative estimate of drug-likeness (QED) is 0.121. The minimum Gasteiger partial charge on any atom is -0.497 e. The van der Waals surface area contributed by atoms with E-state index >= 15 is 0 Å². The van der Waals surface area contributed by atoms with Crippen molar-refractivity contribution < 1.29 is 33.5 Å². The number of nitrogens with zero attached hydrogens (tertiary/aromatic N) is 4. The van der Waals surface area contributed by atoms with Crippen molar-refractivity contribution in [1.82, 2.24) is 51.2 Å². The van der Waals surface area contributed by atoms with E-state index in [0.717, 1.165) is 16.5 Å². The average Bonchev–Trinajstić information content (AvgIpc) is 3.95. The van der Waals surface area contributed by atoms with E-state index in [4.69, 9.17) is 4.74 Å². The number of fused-ring (bicyclic) bond motifs is 1. The topological polar surface area (TPSA) is 222 Å². The van der Waals surface area contributed by atoms with Gasteiger partial charge in [0.15, 0.2) is 0 Å². The molecule has 5 aromatic rings. The second kappa shape index (κ2) is 20.7. The van der Waals surface area contributed by atoms with E-state index in [-0.39, 0.29) is 43.2 Å². The summed E-state index contributed by atoms with van der Waals surface area (Å²) in [6.07, 6.45) is 4.96. The van der Waals surface area contributed by atoms with Crippen molar-refractivity contribution in [2.45, 2.75) is 84.1 Å². The fourth-order valence-corrected chi connectivity index (χ4v) is 7.54. The molecule has 0 bridgehead atoms. The maximum absolute atomic E-state index is 14.7. The number of amides is 6. The number of aromatic nitrogens is 4. The van der Waals surface area contributed by atoms with Crippen molar-refractivity contribution in [1.29, 1.82) is 0 Å². The number of benzene rings is 3. The summed E-state index contributed by atoms with van der Waals surface area (Å²) in [6.45, 7) is 8.44. The van der Waals surface area contributed by atoms with Crippen molar-refractivity contribution in [2.75, 3.05) is 20.2 Å². The van der Waals surface area contributed by atoms with Crippen LogP contribution in [0.3, 0.4) is 0 Å². The normalized spacial score (nSPS) is 20.9. The molecule has 0 radical (unpaired) electrons. The highest BCUT2D eigenvalue weighted by atomic mass is 16.5. The van der Waals surface area contributed by atoms with Gasteiger partial charge in [0.1, 0.15) is 42.6 Å². The van der Waals surface area contributed by atoms with Crippen LogP contribution in [0.5, 0.6) is 5.75 Å². The summed E-state index contributed by atoms with van der Waals surface area (Å²) in [5.41, 5.74) is 2.97. The number of ether oxygens (including phenoxy) is 1. The highest BCUT2D eigenvalue weighted by Crippen LogP contribution is 2.21. The molecule has 2 aromatic heterocycles. The third-order valence-corrected chi connectivity index (χ3v) is 11.1. The Hall–Kier alpha value is -7.04. The summed E-state index contributed by atoms with van der Waals surface area (Å²) in [7, 11) is 1.54. The molecule has 3 heterocycles. The maximum atomic E-state index is 14.7. The van der Waals surface area contributed by atoms with Crippen LogP contribution in [-0.2, 0) is 36.8 Å². The Kier molecular flexibility index (Phi) is 14.9. The van der Waals surface area contributed by atoms with Crippen LogP contribution in [0.25, 0.3) is 16.6 Å². The van der Waals surface area contributed by atoms with Gasteiger partial charge in [-0.3, -0.25) is 33.3 Å². The Balaban J connectivity index is 1.40. The highest BCUT2D eigenvalue weighted by molar-refractivity contribution is 6.01. The zero-order chi connectivity index (χ0) is 45.2. The van der Waals surface area contributed by atoms with Crippen molar-refractivity contribution in [3.8, 4) is 11.4 Å². The van der Waals surface area contributed by atoms with Gasteiger partial charge in [-0.15, -0.1) is 10.2 Å². The first kappa shape index (κ1) is 45.5. The van der Waals surface area contributed by atoms with Gasteiger partial charge in [-0.1, -0.05) is 70.2 Å². The molecule has 17 nitrogen and oxygen atoms in total. The van der Waals surface area contributed by atoms with E-state index in [2.05, 4.69) is 41.8 Å². The van der Waals surface area contributed by atoms with E-state index in [9.17, 15) is 28.8 Å². The molecule has 1 fully saturated rings.